The number of anilines is 1. The second-order valence-electron chi connectivity index (χ2n) is 8.34. The van der Waals surface area contributed by atoms with E-state index >= 15 is 0 Å². The number of aromatic nitrogens is 1. The molecule has 2 fully saturated rings. The van der Waals surface area contributed by atoms with Gasteiger partial charge in [0.1, 0.15) is 0 Å². The van der Waals surface area contributed by atoms with Crippen molar-refractivity contribution in [3.8, 4) is 0 Å². The Hall–Kier alpha value is -2.37. The number of ether oxygens (including phenoxy) is 1. The van der Waals surface area contributed by atoms with Crippen molar-refractivity contribution in [1.82, 2.24) is 19.1 Å². The fraction of sp³-hybridized carbons (Fsp3) is 0.478. The number of nitrogens with zero attached hydrogens (tertiary/aromatic N) is 4. The molecule has 33 heavy (non-hydrogen) atoms. The Morgan fingerprint density at radius 1 is 1.06 bits per heavy atom. The van der Waals surface area contributed by atoms with Crippen molar-refractivity contribution < 1.29 is 17.9 Å². The monoisotopic (exact) mass is 473 g/mol. The highest BCUT2D eigenvalue weighted by molar-refractivity contribution is 7.89. The number of amides is 1. The van der Waals surface area contributed by atoms with E-state index in [9.17, 15) is 13.2 Å². The van der Waals surface area contributed by atoms with E-state index in [2.05, 4.69) is 20.1 Å². The van der Waals surface area contributed by atoms with E-state index in [4.69, 9.17) is 4.74 Å². The van der Waals surface area contributed by atoms with Crippen LogP contribution in [-0.2, 0) is 26.1 Å². The number of hydrogen-bond acceptors (Lipinski definition) is 7. The van der Waals surface area contributed by atoms with Crippen molar-refractivity contribution in [3.63, 3.8) is 0 Å². The molecular formula is C23H31N5O4S. The summed E-state index contributed by atoms with van der Waals surface area (Å²) in [6, 6.07) is 12.1. The fourth-order valence-corrected chi connectivity index (χ4v) is 5.57. The van der Waals surface area contributed by atoms with E-state index in [1.54, 1.807) is 24.4 Å². The third-order valence-corrected chi connectivity index (χ3v) is 8.05. The molecule has 4 rings (SSSR count). The van der Waals surface area contributed by atoms with Crippen molar-refractivity contribution in [3.05, 3.63) is 54.4 Å². The number of sulfonamides is 1. The van der Waals surface area contributed by atoms with Crippen LogP contribution in [0.25, 0.3) is 0 Å². The van der Waals surface area contributed by atoms with Gasteiger partial charge in [-0.25, -0.2) is 8.42 Å². The molecule has 0 spiro atoms. The summed E-state index contributed by atoms with van der Waals surface area (Å²) in [5.41, 5.74) is 1.53. The van der Waals surface area contributed by atoms with Crippen LogP contribution in [0.5, 0.6) is 0 Å². The van der Waals surface area contributed by atoms with Gasteiger partial charge in [0.05, 0.1) is 29.8 Å². The summed E-state index contributed by atoms with van der Waals surface area (Å²) < 4.78 is 32.5. The lowest BCUT2D eigenvalue weighted by Crippen LogP contribution is -2.52. The molecule has 1 unspecified atom stereocenters. The second-order valence-corrected chi connectivity index (χ2v) is 10.3. The Bertz CT molecular complexity index is 1040. The molecule has 2 aliphatic heterocycles. The van der Waals surface area contributed by atoms with Crippen LogP contribution >= 0.6 is 0 Å². The first-order valence-electron chi connectivity index (χ1n) is 11.3. The van der Waals surface area contributed by atoms with E-state index in [0.717, 1.165) is 38.4 Å². The minimum absolute atomic E-state index is 0.144. The average Bonchev–Trinajstić information content (AvgIpc) is 2.85. The number of hydrogen-bond donors (Lipinski definition) is 1. The van der Waals surface area contributed by atoms with E-state index in [1.165, 1.54) is 10.4 Å². The Morgan fingerprint density at radius 2 is 1.82 bits per heavy atom. The zero-order chi connectivity index (χ0) is 23.3. The van der Waals surface area contributed by atoms with E-state index in [0.29, 0.717) is 32.0 Å². The normalized spacial score (nSPS) is 19.8. The molecule has 2 aliphatic rings. The molecule has 1 aromatic carbocycles. The van der Waals surface area contributed by atoms with Gasteiger partial charge in [-0.15, -0.1) is 0 Å². The second kappa shape index (κ2) is 10.7. The third-order valence-electron chi connectivity index (χ3n) is 6.16. The number of rotatable bonds is 7. The van der Waals surface area contributed by atoms with Crippen molar-refractivity contribution in [2.45, 2.75) is 24.4 Å². The number of pyridine rings is 1. The van der Waals surface area contributed by atoms with E-state index in [1.807, 2.05) is 25.1 Å². The van der Waals surface area contributed by atoms with Crippen molar-refractivity contribution in [2.75, 3.05) is 57.8 Å². The number of piperazine rings is 1. The molecule has 1 amide bonds. The number of morpholine rings is 1. The van der Waals surface area contributed by atoms with Crippen LogP contribution in [0.4, 0.5) is 5.69 Å². The van der Waals surface area contributed by atoms with Crippen LogP contribution in [0.15, 0.2) is 53.6 Å². The predicted octanol–water partition coefficient (Wildman–Crippen LogP) is 1.25. The summed E-state index contributed by atoms with van der Waals surface area (Å²) in [7, 11) is -3.61. The highest BCUT2D eigenvalue weighted by Crippen LogP contribution is 2.21. The minimum atomic E-state index is -3.61. The summed E-state index contributed by atoms with van der Waals surface area (Å²) in [5.74, 6) is -0.144. The molecule has 0 radical (unpaired) electrons. The minimum Gasteiger partial charge on any atom is -0.379 e. The Labute approximate surface area is 195 Å². The molecule has 9 nitrogen and oxygen atoms in total. The maximum Gasteiger partial charge on any atom is 0.243 e. The maximum absolute atomic E-state index is 12.9. The van der Waals surface area contributed by atoms with Gasteiger partial charge in [0.25, 0.3) is 0 Å². The summed E-state index contributed by atoms with van der Waals surface area (Å²) >= 11 is 0. The molecule has 2 saturated heterocycles. The quantitative estimate of drug-likeness (QED) is 0.647. The number of benzene rings is 1. The molecule has 2 aromatic rings. The summed E-state index contributed by atoms with van der Waals surface area (Å²) in [6.07, 6.45) is 1.80. The largest absolute Gasteiger partial charge is 0.379 e. The van der Waals surface area contributed by atoms with Gasteiger partial charge in [-0.05, 0) is 37.3 Å². The number of carbonyl (C=O) groups excluding carboxylic acids is 1. The highest BCUT2D eigenvalue weighted by atomic mass is 32.2. The van der Waals surface area contributed by atoms with Crippen LogP contribution in [0.2, 0.25) is 0 Å². The van der Waals surface area contributed by atoms with Crippen LogP contribution in [0.3, 0.4) is 0 Å². The van der Waals surface area contributed by atoms with Gasteiger partial charge in [-0.1, -0.05) is 12.1 Å². The first-order chi connectivity index (χ1) is 15.9. The lowest BCUT2D eigenvalue weighted by Gasteiger charge is -2.37. The summed E-state index contributed by atoms with van der Waals surface area (Å²) in [5, 5.41) is 2.89. The van der Waals surface area contributed by atoms with Gasteiger partial charge in [-0.2, -0.15) is 4.31 Å². The Kier molecular flexibility index (Phi) is 7.71. The van der Waals surface area contributed by atoms with Crippen molar-refractivity contribution >= 4 is 21.6 Å². The first kappa shape index (κ1) is 23.8. The predicted molar refractivity (Wildman–Crippen MR) is 125 cm³/mol. The Morgan fingerprint density at radius 3 is 2.52 bits per heavy atom. The van der Waals surface area contributed by atoms with Gasteiger partial charge in [0.15, 0.2) is 0 Å². The molecule has 3 heterocycles. The first-order valence-corrected chi connectivity index (χ1v) is 12.7. The average molecular weight is 474 g/mol. The smallest absolute Gasteiger partial charge is 0.243 e. The van der Waals surface area contributed by atoms with Crippen LogP contribution in [0.1, 0.15) is 12.6 Å². The van der Waals surface area contributed by atoms with Gasteiger partial charge in [0, 0.05) is 57.7 Å². The van der Waals surface area contributed by atoms with Crippen molar-refractivity contribution in [2.24, 2.45) is 0 Å². The SMILES string of the molecule is CC(C(=O)Nc1cccc(S(=O)(=O)N2CCOCC2)c1)N1CCN(Cc2ccccn2)CC1. The number of carbonyl (C=O) groups is 1. The third kappa shape index (κ3) is 5.96. The maximum atomic E-state index is 12.9. The standard InChI is InChI=1S/C23H31N5O4S/c1-19(27-11-9-26(10-12-27)18-21-5-2-3-8-24-21)23(29)25-20-6-4-7-22(17-20)33(30,31)28-13-15-32-16-14-28/h2-8,17,19H,9-16,18H2,1H3,(H,25,29). The van der Waals surface area contributed by atoms with Gasteiger partial charge in [-0.3, -0.25) is 19.6 Å². The zero-order valence-electron chi connectivity index (χ0n) is 18.9. The molecule has 1 N–H and O–H groups in total. The molecule has 1 atom stereocenters. The van der Waals surface area contributed by atoms with Gasteiger partial charge < -0.3 is 10.1 Å². The molecule has 1 aromatic heterocycles. The Balaban J connectivity index is 1.32. The molecule has 0 saturated carbocycles. The van der Waals surface area contributed by atoms with E-state index < -0.39 is 10.0 Å². The van der Waals surface area contributed by atoms with Gasteiger partial charge in [0.2, 0.25) is 15.9 Å². The fourth-order valence-electron chi connectivity index (χ4n) is 4.11. The molecule has 178 valence electrons. The molecule has 0 aliphatic carbocycles. The van der Waals surface area contributed by atoms with E-state index in [-0.39, 0.29) is 16.8 Å². The van der Waals surface area contributed by atoms with Crippen molar-refractivity contribution in [1.29, 1.82) is 0 Å². The van der Waals surface area contributed by atoms with Crippen LogP contribution < -0.4 is 5.32 Å². The summed E-state index contributed by atoms with van der Waals surface area (Å²) in [6.45, 7) is 7.44. The molecule has 0 bridgehead atoms. The van der Waals surface area contributed by atoms with Gasteiger partial charge >= 0.3 is 0 Å². The van der Waals surface area contributed by atoms with Crippen LogP contribution in [-0.4, -0.2) is 91.9 Å². The zero-order valence-corrected chi connectivity index (χ0v) is 19.7. The summed E-state index contributed by atoms with van der Waals surface area (Å²) in [4.78, 5) is 21.9. The lowest BCUT2D eigenvalue weighted by atomic mass is 10.2. The number of nitrogens with one attached hydrogen (secondary N) is 1. The van der Waals surface area contributed by atoms with Crippen LogP contribution in [0, 0.1) is 0 Å². The topological polar surface area (TPSA) is 95.1 Å². The highest BCUT2D eigenvalue weighted by Gasteiger charge is 2.28. The molecular weight excluding hydrogens is 442 g/mol. The lowest BCUT2D eigenvalue weighted by molar-refractivity contribution is -0.121. The molecule has 10 heteroatoms.